The maximum Gasteiger partial charge on any atom is 0.0540 e. The number of hydrogen-bond donors (Lipinski definition) is 0. The summed E-state index contributed by atoms with van der Waals surface area (Å²) in [7, 11) is 0. The van der Waals surface area contributed by atoms with Gasteiger partial charge in [0.2, 0.25) is 0 Å². The molecular formula is C39H31N. The van der Waals surface area contributed by atoms with Gasteiger partial charge in [-0.1, -0.05) is 135 Å². The predicted octanol–water partition coefficient (Wildman–Crippen LogP) is 10.8. The van der Waals surface area contributed by atoms with Gasteiger partial charge in [-0.05, 0) is 69.3 Å². The van der Waals surface area contributed by atoms with Crippen molar-refractivity contribution in [3.8, 4) is 33.4 Å². The quantitative estimate of drug-likeness (QED) is 0.222. The van der Waals surface area contributed by atoms with Gasteiger partial charge in [-0.15, -0.1) is 0 Å². The summed E-state index contributed by atoms with van der Waals surface area (Å²) in [6, 6.07) is 54.7. The van der Waals surface area contributed by atoms with Gasteiger partial charge in [0, 0.05) is 22.4 Å². The number of nitrogens with zero attached hydrogens (tertiary/aromatic N) is 1. The molecule has 0 N–H and O–H groups in total. The van der Waals surface area contributed by atoms with E-state index < -0.39 is 0 Å². The lowest BCUT2D eigenvalue weighted by Crippen LogP contribution is -2.15. The van der Waals surface area contributed by atoms with Crippen molar-refractivity contribution in [2.24, 2.45) is 0 Å². The maximum atomic E-state index is 2.41. The fourth-order valence-electron chi connectivity index (χ4n) is 6.32. The highest BCUT2D eigenvalue weighted by molar-refractivity contribution is 5.95. The summed E-state index contributed by atoms with van der Waals surface area (Å²) in [5.74, 6) is 0. The predicted molar refractivity (Wildman–Crippen MR) is 170 cm³/mol. The largest absolute Gasteiger partial charge is 0.310 e. The third-order valence-electron chi connectivity index (χ3n) is 8.27. The molecule has 0 heterocycles. The number of anilines is 3. The van der Waals surface area contributed by atoms with Gasteiger partial charge < -0.3 is 4.90 Å². The minimum absolute atomic E-state index is 0.0759. The van der Waals surface area contributed by atoms with Gasteiger partial charge in [0.25, 0.3) is 0 Å². The lowest BCUT2D eigenvalue weighted by molar-refractivity contribution is 0.660. The molecule has 1 heteroatoms. The van der Waals surface area contributed by atoms with Crippen LogP contribution in [0.2, 0.25) is 0 Å². The van der Waals surface area contributed by atoms with Crippen LogP contribution >= 0.6 is 0 Å². The van der Waals surface area contributed by atoms with E-state index in [9.17, 15) is 0 Å². The number of fused-ring (bicyclic) bond motifs is 3. The molecule has 0 spiro atoms. The van der Waals surface area contributed by atoms with Gasteiger partial charge in [0.05, 0.1) is 5.69 Å². The van der Waals surface area contributed by atoms with E-state index in [-0.39, 0.29) is 5.41 Å². The normalized spacial score (nSPS) is 12.9. The first kappa shape index (κ1) is 24.2. The zero-order chi connectivity index (χ0) is 27.1. The van der Waals surface area contributed by atoms with Crippen molar-refractivity contribution in [1.82, 2.24) is 0 Å². The second-order valence-corrected chi connectivity index (χ2v) is 11.0. The average molecular weight is 514 g/mol. The Kier molecular flexibility index (Phi) is 5.86. The van der Waals surface area contributed by atoms with E-state index in [1.54, 1.807) is 0 Å². The molecule has 0 saturated carbocycles. The molecule has 6 aromatic rings. The highest BCUT2D eigenvalue weighted by atomic mass is 15.1. The molecule has 0 aromatic heterocycles. The summed E-state index contributed by atoms with van der Waals surface area (Å²) in [5, 5.41) is 0. The number of hydrogen-bond acceptors (Lipinski definition) is 1. The van der Waals surface area contributed by atoms with Crippen LogP contribution in [0.5, 0.6) is 0 Å². The highest BCUT2D eigenvalue weighted by Gasteiger charge is 2.37. The molecule has 1 aliphatic carbocycles. The first-order valence-electron chi connectivity index (χ1n) is 14.0. The van der Waals surface area contributed by atoms with Gasteiger partial charge >= 0.3 is 0 Å². The molecule has 0 atom stereocenters. The van der Waals surface area contributed by atoms with Crippen LogP contribution in [0.25, 0.3) is 33.4 Å². The Morgan fingerprint density at radius 3 is 1.70 bits per heavy atom. The zero-order valence-electron chi connectivity index (χ0n) is 22.9. The molecule has 1 nitrogen and oxygen atoms in total. The van der Waals surface area contributed by atoms with Gasteiger partial charge in [-0.25, -0.2) is 0 Å². The number of para-hydroxylation sites is 2. The van der Waals surface area contributed by atoms with Crippen molar-refractivity contribution >= 4 is 17.1 Å². The first-order chi connectivity index (χ1) is 19.6. The summed E-state index contributed by atoms with van der Waals surface area (Å²) < 4.78 is 0. The third-order valence-corrected chi connectivity index (χ3v) is 8.27. The molecule has 0 bridgehead atoms. The summed E-state index contributed by atoms with van der Waals surface area (Å²) in [4.78, 5) is 2.40. The highest BCUT2D eigenvalue weighted by Crippen LogP contribution is 2.54. The van der Waals surface area contributed by atoms with Crippen molar-refractivity contribution in [3.63, 3.8) is 0 Å². The Labute approximate surface area is 237 Å². The van der Waals surface area contributed by atoms with Crippen molar-refractivity contribution in [1.29, 1.82) is 0 Å². The zero-order valence-corrected chi connectivity index (χ0v) is 22.9. The van der Waals surface area contributed by atoms with E-state index in [1.165, 1.54) is 44.5 Å². The Hall–Kier alpha value is -4.88. The van der Waals surface area contributed by atoms with Crippen molar-refractivity contribution in [2.45, 2.75) is 19.3 Å². The second-order valence-electron chi connectivity index (χ2n) is 11.0. The van der Waals surface area contributed by atoms with E-state index >= 15 is 0 Å². The summed E-state index contributed by atoms with van der Waals surface area (Å²) in [6.45, 7) is 4.71. The van der Waals surface area contributed by atoms with Crippen LogP contribution in [0.1, 0.15) is 25.0 Å². The molecule has 7 rings (SSSR count). The molecule has 6 aromatic carbocycles. The smallest absolute Gasteiger partial charge is 0.0540 e. The van der Waals surface area contributed by atoms with E-state index in [1.807, 2.05) is 0 Å². The summed E-state index contributed by atoms with van der Waals surface area (Å²) in [6.07, 6.45) is 0. The molecular weight excluding hydrogens is 482 g/mol. The Morgan fingerprint density at radius 1 is 0.425 bits per heavy atom. The fraction of sp³-hybridized carbons (Fsp3) is 0.0769. The van der Waals surface area contributed by atoms with Crippen LogP contribution in [-0.4, -0.2) is 0 Å². The van der Waals surface area contributed by atoms with Crippen molar-refractivity contribution in [2.75, 3.05) is 4.90 Å². The van der Waals surface area contributed by atoms with E-state index in [0.717, 1.165) is 17.1 Å². The Balaban J connectivity index is 1.47. The number of benzene rings is 6. The Morgan fingerprint density at radius 2 is 1.00 bits per heavy atom. The molecule has 192 valence electrons. The standard InChI is InChI=1S/C39H31N/c1-39(2)35-26-25-31(27-34(35)38-33(22-14-23-36(38)39)29-17-8-4-9-18-29)40(30-19-10-5-11-20-30)37-24-13-12-21-32(37)28-15-6-3-7-16-28/h3-27H,1-2H3. The maximum absolute atomic E-state index is 2.41. The molecule has 0 saturated heterocycles. The topological polar surface area (TPSA) is 3.24 Å². The average Bonchev–Trinajstić information content (AvgIpc) is 3.25. The lowest BCUT2D eigenvalue weighted by Gasteiger charge is -2.29. The first-order valence-corrected chi connectivity index (χ1v) is 14.0. The van der Waals surface area contributed by atoms with E-state index in [2.05, 4.69) is 170 Å². The van der Waals surface area contributed by atoms with E-state index in [4.69, 9.17) is 0 Å². The van der Waals surface area contributed by atoms with Crippen LogP contribution < -0.4 is 4.90 Å². The SMILES string of the molecule is CC1(C)c2ccc(N(c3ccccc3)c3ccccc3-c3ccccc3)cc2-c2c(-c3ccccc3)cccc21. The van der Waals surface area contributed by atoms with Crippen LogP contribution in [0.15, 0.2) is 152 Å². The minimum atomic E-state index is -0.0759. The molecule has 40 heavy (non-hydrogen) atoms. The van der Waals surface area contributed by atoms with Gasteiger partial charge in [0.15, 0.2) is 0 Å². The van der Waals surface area contributed by atoms with Crippen LogP contribution in [0.4, 0.5) is 17.1 Å². The number of rotatable bonds is 5. The van der Waals surface area contributed by atoms with Crippen molar-refractivity contribution in [3.05, 3.63) is 163 Å². The summed E-state index contributed by atoms with van der Waals surface area (Å²) >= 11 is 0. The van der Waals surface area contributed by atoms with E-state index in [0.29, 0.717) is 0 Å². The molecule has 0 radical (unpaired) electrons. The van der Waals surface area contributed by atoms with Crippen LogP contribution in [0, 0.1) is 0 Å². The van der Waals surface area contributed by atoms with Crippen LogP contribution in [-0.2, 0) is 5.41 Å². The van der Waals surface area contributed by atoms with Gasteiger partial charge in [0.1, 0.15) is 0 Å². The Bertz CT molecular complexity index is 1800. The molecule has 0 amide bonds. The van der Waals surface area contributed by atoms with Gasteiger partial charge in [-0.3, -0.25) is 0 Å². The van der Waals surface area contributed by atoms with Crippen molar-refractivity contribution < 1.29 is 0 Å². The monoisotopic (exact) mass is 513 g/mol. The molecule has 0 fully saturated rings. The molecule has 1 aliphatic rings. The molecule has 0 unspecified atom stereocenters. The lowest BCUT2D eigenvalue weighted by atomic mass is 9.82. The van der Waals surface area contributed by atoms with Gasteiger partial charge in [-0.2, -0.15) is 0 Å². The third kappa shape index (κ3) is 3.94. The second kappa shape index (κ2) is 9.70. The fourth-order valence-corrected chi connectivity index (χ4v) is 6.32. The molecule has 0 aliphatic heterocycles. The van der Waals surface area contributed by atoms with Crippen LogP contribution in [0.3, 0.4) is 0 Å². The summed E-state index contributed by atoms with van der Waals surface area (Å²) in [5.41, 5.74) is 13.8. The minimum Gasteiger partial charge on any atom is -0.310 e.